The minimum Gasteiger partial charge on any atom is -0.488 e. The van der Waals surface area contributed by atoms with Gasteiger partial charge in [-0.15, -0.1) is 6.58 Å². The van der Waals surface area contributed by atoms with Gasteiger partial charge >= 0.3 is 5.97 Å². The maximum atomic E-state index is 14.7. The molecule has 14 atom stereocenters. The number of ketones is 2. The molecule has 14 unspecified atom stereocenters. The van der Waals surface area contributed by atoms with E-state index < -0.39 is 77.8 Å². The Labute approximate surface area is 415 Å². The Hall–Kier alpha value is -4.18. The molecular weight excluding hydrogens is 893 g/mol. The van der Waals surface area contributed by atoms with Crippen molar-refractivity contribution in [1.29, 1.82) is 0 Å². The normalized spacial score (nSPS) is 36.7. The van der Waals surface area contributed by atoms with Crippen LogP contribution >= 0.6 is 0 Å². The van der Waals surface area contributed by atoms with Crippen molar-refractivity contribution >= 4 is 34.3 Å². The lowest BCUT2D eigenvalue weighted by atomic mass is 9.81. The van der Waals surface area contributed by atoms with Crippen LogP contribution in [-0.2, 0) is 42.9 Å². The first-order valence-electron chi connectivity index (χ1n) is 26.1. The number of fused-ring (bicyclic) bond motifs is 4. The number of cyclic esters (lactones) is 1. The molecule has 2 saturated heterocycles. The number of benzene rings is 1. The molecule has 4 heterocycles. The van der Waals surface area contributed by atoms with Crippen molar-refractivity contribution < 1.29 is 57.8 Å². The minimum absolute atomic E-state index is 0.00538. The van der Waals surface area contributed by atoms with Gasteiger partial charge in [0.2, 0.25) is 5.79 Å². The highest BCUT2D eigenvalue weighted by Crippen LogP contribution is 2.41. The number of carbonyl (C=O) groups excluding carboxylic acids is 4. The Morgan fingerprint density at radius 2 is 1.67 bits per heavy atom. The second-order valence-electron chi connectivity index (χ2n) is 21.3. The smallest absolute Gasteiger partial charge is 0.329 e. The Bertz CT molecular complexity index is 2230. The van der Waals surface area contributed by atoms with E-state index in [1.807, 2.05) is 32.9 Å². The summed E-state index contributed by atoms with van der Waals surface area (Å²) in [5.41, 5.74) is 2.87. The summed E-state index contributed by atoms with van der Waals surface area (Å²) in [5, 5.41) is 25.3. The van der Waals surface area contributed by atoms with Crippen molar-refractivity contribution in [3.05, 3.63) is 66.4 Å². The molecule has 70 heavy (non-hydrogen) atoms. The molecule has 2 aliphatic carbocycles. The van der Waals surface area contributed by atoms with Crippen molar-refractivity contribution in [2.24, 2.45) is 29.6 Å². The van der Waals surface area contributed by atoms with Crippen LogP contribution in [0.2, 0.25) is 0 Å². The summed E-state index contributed by atoms with van der Waals surface area (Å²) >= 11 is 0. The number of carbonyl (C=O) groups is 4. The summed E-state index contributed by atoms with van der Waals surface area (Å²) in [6, 6.07) is 7.86. The SMILES string of the molecule is C=CCC1/C=C(\C)CC(C)CC(OC)C2OC(O)(C(=O)C(=O)N3CCCCC3C(=O)OC(C(C)=CC3CCC(Oc4ccc5c(ccn5C5CC5)c4)C(OCC)C3)C(C)C(O)CC1=O)C(C)CC2OC. The molecule has 4 fully saturated rings. The third kappa shape index (κ3) is 12.2. The fraction of sp³-hybridized carbons (Fsp3) is 0.679. The molecule has 14 nitrogen and oxygen atoms in total. The number of aliphatic hydroxyl groups is 2. The molecule has 386 valence electrons. The van der Waals surface area contributed by atoms with Gasteiger partial charge in [-0.3, -0.25) is 14.4 Å². The standard InChI is InChI=1S/C56H80N2O12/c1-10-14-40-26-33(3)25-34(4)27-49(65-8)52-50(66-9)29-36(6)56(64,70-52)53(61)54(62)58-23-13-12-15-44(58)55(63)69-51(37(7)45(59)32-46(40)60)35(5)28-38-16-21-47(48(30-38)67-11-2)68-42-19-20-43-39(31-42)22-24-57(43)41-17-18-41/h10,19-20,22,24,26,28,31,34,36-38,40-41,44-45,47-52,59,64H,1,11-18,21,23,25,27,29-30,32H2,2-9H3/b33-26+,35-28?. The summed E-state index contributed by atoms with van der Waals surface area (Å²) in [4.78, 5) is 58.9. The predicted molar refractivity (Wildman–Crippen MR) is 266 cm³/mol. The number of aliphatic hydroxyl groups excluding tert-OH is 1. The summed E-state index contributed by atoms with van der Waals surface area (Å²) in [5.74, 6) is -6.92. The fourth-order valence-electron chi connectivity index (χ4n) is 11.7. The molecule has 0 spiro atoms. The molecule has 7 rings (SSSR count). The van der Waals surface area contributed by atoms with Gasteiger partial charge in [0.15, 0.2) is 0 Å². The van der Waals surface area contributed by atoms with Crippen LogP contribution in [0.25, 0.3) is 10.9 Å². The zero-order chi connectivity index (χ0) is 50.4. The maximum Gasteiger partial charge on any atom is 0.329 e. The maximum absolute atomic E-state index is 14.7. The molecule has 3 aliphatic heterocycles. The van der Waals surface area contributed by atoms with E-state index in [-0.39, 0.29) is 55.6 Å². The molecule has 14 heteroatoms. The van der Waals surface area contributed by atoms with Gasteiger partial charge in [-0.25, -0.2) is 4.79 Å². The number of aromatic nitrogens is 1. The first-order valence-corrected chi connectivity index (χ1v) is 26.1. The highest BCUT2D eigenvalue weighted by molar-refractivity contribution is 6.39. The van der Waals surface area contributed by atoms with Crippen LogP contribution < -0.4 is 4.74 Å². The molecule has 1 amide bonds. The summed E-state index contributed by atoms with van der Waals surface area (Å²) in [6.07, 6.45) is 10.6. The van der Waals surface area contributed by atoms with Crippen molar-refractivity contribution in [3.8, 4) is 5.75 Å². The fourth-order valence-corrected chi connectivity index (χ4v) is 11.7. The number of esters is 1. The van der Waals surface area contributed by atoms with Gasteiger partial charge in [0.1, 0.15) is 35.9 Å². The van der Waals surface area contributed by atoms with Gasteiger partial charge < -0.3 is 48.1 Å². The molecule has 1 aromatic heterocycles. The zero-order valence-electron chi connectivity index (χ0n) is 42.9. The Kier molecular flexibility index (Phi) is 18.1. The number of hydrogen-bond donors (Lipinski definition) is 2. The summed E-state index contributed by atoms with van der Waals surface area (Å²) in [7, 11) is 3.08. The average molecular weight is 973 g/mol. The number of allylic oxidation sites excluding steroid dienone is 4. The third-order valence-electron chi connectivity index (χ3n) is 15.8. The number of hydrogen-bond acceptors (Lipinski definition) is 12. The number of methoxy groups -OCH3 is 2. The molecular formula is C56H80N2O12. The van der Waals surface area contributed by atoms with Crippen molar-refractivity contribution in [2.75, 3.05) is 27.4 Å². The molecule has 1 aromatic carbocycles. The topological polar surface area (TPSA) is 172 Å². The third-order valence-corrected chi connectivity index (χ3v) is 15.8. The van der Waals surface area contributed by atoms with Gasteiger partial charge in [-0.2, -0.15) is 0 Å². The van der Waals surface area contributed by atoms with Gasteiger partial charge in [0.25, 0.3) is 11.7 Å². The Morgan fingerprint density at radius 1 is 0.929 bits per heavy atom. The number of piperidine rings is 1. The summed E-state index contributed by atoms with van der Waals surface area (Å²) < 4.78 is 39.9. The van der Waals surface area contributed by atoms with Gasteiger partial charge in [-0.05, 0) is 139 Å². The number of ether oxygens (including phenoxy) is 6. The van der Waals surface area contributed by atoms with Crippen molar-refractivity contribution in [2.45, 2.75) is 186 Å². The molecule has 2 aromatic rings. The minimum atomic E-state index is -2.52. The van der Waals surface area contributed by atoms with Crippen molar-refractivity contribution in [3.63, 3.8) is 0 Å². The van der Waals surface area contributed by atoms with E-state index in [1.165, 1.54) is 37.5 Å². The molecule has 2 saturated carbocycles. The highest BCUT2D eigenvalue weighted by Gasteiger charge is 2.56. The first kappa shape index (κ1) is 53.6. The predicted octanol–water partition coefficient (Wildman–Crippen LogP) is 8.41. The van der Waals surface area contributed by atoms with E-state index in [0.717, 1.165) is 23.1 Å². The quantitative estimate of drug-likeness (QED) is 0.125. The van der Waals surface area contributed by atoms with E-state index in [0.29, 0.717) is 63.2 Å². The molecule has 5 aliphatic rings. The lowest BCUT2D eigenvalue weighted by Crippen LogP contribution is -2.64. The largest absolute Gasteiger partial charge is 0.488 e. The monoisotopic (exact) mass is 973 g/mol. The molecule has 2 N–H and O–H groups in total. The Morgan fingerprint density at radius 3 is 2.37 bits per heavy atom. The second-order valence-corrected chi connectivity index (χ2v) is 21.3. The van der Waals surface area contributed by atoms with E-state index >= 15 is 0 Å². The molecule has 0 radical (unpaired) electrons. The number of rotatable bonds is 11. The van der Waals surface area contributed by atoms with Crippen LogP contribution in [0.4, 0.5) is 0 Å². The summed E-state index contributed by atoms with van der Waals surface area (Å²) in [6.45, 7) is 15.8. The van der Waals surface area contributed by atoms with Crippen LogP contribution in [0.5, 0.6) is 5.75 Å². The second kappa shape index (κ2) is 23.6. The van der Waals surface area contributed by atoms with Crippen LogP contribution in [0.1, 0.15) is 131 Å². The molecule has 2 bridgehead atoms. The van der Waals surface area contributed by atoms with Crippen molar-refractivity contribution in [1.82, 2.24) is 9.47 Å². The van der Waals surface area contributed by atoms with E-state index in [4.69, 9.17) is 28.4 Å². The van der Waals surface area contributed by atoms with Gasteiger partial charge in [-0.1, -0.05) is 44.6 Å². The zero-order valence-corrected chi connectivity index (χ0v) is 42.9. The number of nitrogens with zero attached hydrogens (tertiary/aromatic N) is 2. The van der Waals surface area contributed by atoms with Crippen LogP contribution in [0, 0.1) is 29.6 Å². The van der Waals surface area contributed by atoms with Gasteiger partial charge in [0, 0.05) is 74.7 Å². The van der Waals surface area contributed by atoms with Crippen LogP contribution in [-0.4, -0.2) is 125 Å². The first-order chi connectivity index (χ1) is 33.5. The lowest BCUT2D eigenvalue weighted by Gasteiger charge is -2.47. The highest BCUT2D eigenvalue weighted by atomic mass is 16.7. The number of Topliss-reactive ketones (excluding diaryl/α,β-unsaturated/α-hetero) is 2. The van der Waals surface area contributed by atoms with Gasteiger partial charge in [0.05, 0.1) is 24.4 Å². The van der Waals surface area contributed by atoms with Crippen LogP contribution in [0.3, 0.4) is 0 Å². The lowest BCUT2D eigenvalue weighted by molar-refractivity contribution is -0.302. The van der Waals surface area contributed by atoms with E-state index in [9.17, 15) is 29.4 Å². The van der Waals surface area contributed by atoms with E-state index in [2.05, 4.69) is 48.5 Å². The van der Waals surface area contributed by atoms with E-state index in [1.54, 1.807) is 19.9 Å². The van der Waals surface area contributed by atoms with Crippen LogP contribution in [0.15, 0.2) is 66.4 Å². The Balaban J connectivity index is 1.17. The average Bonchev–Trinajstić information content (AvgIpc) is 4.10. The number of amides is 1.